The molecule has 1 heteroatoms. The molecule has 2 aromatic carbocycles. The summed E-state index contributed by atoms with van der Waals surface area (Å²) in [7, 11) is 0. The van der Waals surface area contributed by atoms with Gasteiger partial charge in [-0.3, -0.25) is 0 Å². The van der Waals surface area contributed by atoms with E-state index in [0.29, 0.717) is 0 Å². The van der Waals surface area contributed by atoms with Crippen molar-refractivity contribution in [1.29, 1.82) is 0 Å². The van der Waals surface area contributed by atoms with E-state index in [1.807, 2.05) is 32.9 Å². The minimum absolute atomic E-state index is 0.856. The molecule has 0 aliphatic heterocycles. The first-order chi connectivity index (χ1) is 9.02. The topological polar surface area (TPSA) is 0 Å². The molecule has 2 rings (SSSR count). The molecule has 0 nitrogen and oxygen atoms in total. The second-order valence-electron chi connectivity index (χ2n) is 4.27. The largest absolute Gasteiger partial charge is 0.0840 e. The second-order valence-corrected chi connectivity index (χ2v) is 4.67. The van der Waals surface area contributed by atoms with Crippen LogP contribution in [0, 0.1) is 27.7 Å². The summed E-state index contributed by atoms with van der Waals surface area (Å²) in [5.41, 5.74) is 5.17. The van der Waals surface area contributed by atoms with E-state index in [0.717, 1.165) is 5.02 Å². The molecule has 0 aliphatic rings. The van der Waals surface area contributed by atoms with Gasteiger partial charge in [-0.15, -0.1) is 0 Å². The molecule has 0 radical (unpaired) electrons. The monoisotopic (exact) mass is 276 g/mol. The summed E-state index contributed by atoms with van der Waals surface area (Å²) < 4.78 is 0. The minimum Gasteiger partial charge on any atom is -0.0840 e. The number of benzene rings is 2. The van der Waals surface area contributed by atoms with Crippen molar-refractivity contribution in [3.05, 3.63) is 69.7 Å². The first-order valence-electron chi connectivity index (χ1n) is 6.76. The second kappa shape index (κ2) is 9.63. The molecule has 19 heavy (non-hydrogen) atoms. The highest BCUT2D eigenvalue weighted by Crippen LogP contribution is 2.16. The minimum atomic E-state index is 0.856. The highest BCUT2D eigenvalue weighted by atomic mass is 35.5. The van der Waals surface area contributed by atoms with E-state index in [-0.39, 0.29) is 0 Å². The summed E-state index contributed by atoms with van der Waals surface area (Å²) in [5.74, 6) is 0. The summed E-state index contributed by atoms with van der Waals surface area (Å²) in [4.78, 5) is 0. The summed E-state index contributed by atoms with van der Waals surface area (Å²) in [6.45, 7) is 12.3. The predicted octanol–water partition coefficient (Wildman–Crippen LogP) is 6.29. The Bertz CT molecular complexity index is 446. The van der Waals surface area contributed by atoms with Gasteiger partial charge < -0.3 is 0 Å². The number of hydrogen-bond acceptors (Lipinski definition) is 0. The Morgan fingerprint density at radius 1 is 0.632 bits per heavy atom. The molecule has 0 spiro atoms. The van der Waals surface area contributed by atoms with Crippen LogP contribution in [-0.2, 0) is 0 Å². The average molecular weight is 277 g/mol. The number of hydrogen-bond donors (Lipinski definition) is 0. The van der Waals surface area contributed by atoms with E-state index in [1.165, 1.54) is 22.3 Å². The SMILES string of the molecule is CC.Cc1cccc(Cl)c1C.Cc1ccccc1C. The number of aryl methyl sites for hydroxylation is 3. The number of rotatable bonds is 0. The van der Waals surface area contributed by atoms with Gasteiger partial charge in [-0.2, -0.15) is 0 Å². The lowest BCUT2D eigenvalue weighted by molar-refractivity contribution is 1.34. The van der Waals surface area contributed by atoms with Gasteiger partial charge in [-0.05, 0) is 56.0 Å². The first kappa shape index (κ1) is 17.7. The van der Waals surface area contributed by atoms with Crippen LogP contribution in [0.15, 0.2) is 42.5 Å². The smallest absolute Gasteiger partial charge is 0.0437 e. The molecule has 0 heterocycles. The van der Waals surface area contributed by atoms with Crippen LogP contribution in [0.5, 0.6) is 0 Å². The summed E-state index contributed by atoms with van der Waals surface area (Å²) in [6, 6.07) is 14.3. The van der Waals surface area contributed by atoms with E-state index in [9.17, 15) is 0 Å². The Hall–Kier alpha value is -1.27. The van der Waals surface area contributed by atoms with Crippen LogP contribution in [0.2, 0.25) is 5.02 Å². The lowest BCUT2D eigenvalue weighted by Gasteiger charge is -1.98. The van der Waals surface area contributed by atoms with Gasteiger partial charge in [-0.25, -0.2) is 0 Å². The summed E-state index contributed by atoms with van der Waals surface area (Å²) in [5, 5.41) is 0.856. The Balaban J connectivity index is 0.000000303. The maximum atomic E-state index is 5.81. The van der Waals surface area contributed by atoms with Gasteiger partial charge in [0.25, 0.3) is 0 Å². The molecule has 0 N–H and O–H groups in total. The van der Waals surface area contributed by atoms with Gasteiger partial charge in [0, 0.05) is 5.02 Å². The molecule has 0 aromatic heterocycles. The van der Waals surface area contributed by atoms with Crippen molar-refractivity contribution < 1.29 is 0 Å². The lowest BCUT2D eigenvalue weighted by atomic mass is 10.1. The fourth-order valence-electron chi connectivity index (χ4n) is 1.38. The van der Waals surface area contributed by atoms with Gasteiger partial charge in [0.1, 0.15) is 0 Å². The number of halogens is 1. The van der Waals surface area contributed by atoms with Gasteiger partial charge in [0.15, 0.2) is 0 Å². The third kappa shape index (κ3) is 6.45. The molecule has 2 aromatic rings. The maximum Gasteiger partial charge on any atom is 0.0437 e. The van der Waals surface area contributed by atoms with Crippen LogP contribution in [0.3, 0.4) is 0 Å². The molecular formula is C18H25Cl. The Morgan fingerprint density at radius 3 is 1.37 bits per heavy atom. The molecule has 0 bridgehead atoms. The normalized spacial score (nSPS) is 8.79. The third-order valence-electron chi connectivity index (χ3n) is 2.96. The van der Waals surface area contributed by atoms with Crippen molar-refractivity contribution in [2.75, 3.05) is 0 Å². The molecule has 0 fully saturated rings. The lowest BCUT2D eigenvalue weighted by Crippen LogP contribution is -1.78. The molecule has 0 saturated heterocycles. The molecule has 0 atom stereocenters. The molecule has 0 amide bonds. The van der Waals surface area contributed by atoms with Crippen molar-refractivity contribution in [2.24, 2.45) is 0 Å². The highest BCUT2D eigenvalue weighted by molar-refractivity contribution is 6.31. The van der Waals surface area contributed by atoms with Crippen LogP contribution in [0.4, 0.5) is 0 Å². The van der Waals surface area contributed by atoms with Gasteiger partial charge >= 0.3 is 0 Å². The van der Waals surface area contributed by atoms with E-state index in [1.54, 1.807) is 0 Å². The standard InChI is InChI=1S/C8H9Cl.C8H10.C2H6/c1-6-4-3-5-8(9)7(6)2;1-7-5-3-4-6-8(7)2;1-2/h3-5H,1-2H3;3-6H,1-2H3;1-2H3. The van der Waals surface area contributed by atoms with Crippen molar-refractivity contribution in [3.63, 3.8) is 0 Å². The molecular weight excluding hydrogens is 252 g/mol. The summed E-state index contributed by atoms with van der Waals surface area (Å²) in [6.07, 6.45) is 0. The first-order valence-corrected chi connectivity index (χ1v) is 7.14. The van der Waals surface area contributed by atoms with Crippen LogP contribution in [0.25, 0.3) is 0 Å². The van der Waals surface area contributed by atoms with Gasteiger partial charge in [-0.1, -0.05) is 61.8 Å². The zero-order valence-electron chi connectivity index (χ0n) is 12.9. The fourth-order valence-corrected chi connectivity index (χ4v) is 1.60. The van der Waals surface area contributed by atoms with Crippen LogP contribution in [0.1, 0.15) is 36.1 Å². The van der Waals surface area contributed by atoms with Gasteiger partial charge in [0.05, 0.1) is 0 Å². The van der Waals surface area contributed by atoms with Crippen molar-refractivity contribution >= 4 is 11.6 Å². The zero-order valence-corrected chi connectivity index (χ0v) is 13.7. The van der Waals surface area contributed by atoms with E-state index < -0.39 is 0 Å². The van der Waals surface area contributed by atoms with Crippen molar-refractivity contribution in [3.8, 4) is 0 Å². The van der Waals surface area contributed by atoms with Crippen molar-refractivity contribution in [1.82, 2.24) is 0 Å². The quantitative estimate of drug-likeness (QED) is 0.531. The fraction of sp³-hybridized carbons (Fsp3) is 0.333. The molecule has 0 unspecified atom stereocenters. The van der Waals surface area contributed by atoms with E-state index in [4.69, 9.17) is 11.6 Å². The Morgan fingerprint density at radius 2 is 1.05 bits per heavy atom. The molecule has 0 aliphatic carbocycles. The maximum absolute atomic E-state index is 5.81. The van der Waals surface area contributed by atoms with Crippen molar-refractivity contribution in [2.45, 2.75) is 41.5 Å². The van der Waals surface area contributed by atoms with E-state index >= 15 is 0 Å². The van der Waals surface area contributed by atoms with Crippen LogP contribution in [-0.4, -0.2) is 0 Å². The Kier molecular flexibility index (Phi) is 8.99. The van der Waals surface area contributed by atoms with Crippen LogP contribution >= 0.6 is 11.6 Å². The average Bonchev–Trinajstić information content (AvgIpc) is 2.42. The third-order valence-corrected chi connectivity index (χ3v) is 3.37. The Labute approximate surface area is 123 Å². The highest BCUT2D eigenvalue weighted by Gasteiger charge is 1.94. The molecule has 0 saturated carbocycles. The summed E-state index contributed by atoms with van der Waals surface area (Å²) >= 11 is 5.81. The van der Waals surface area contributed by atoms with E-state index in [2.05, 4.69) is 51.1 Å². The predicted molar refractivity (Wildman–Crippen MR) is 88.2 cm³/mol. The molecule has 104 valence electrons. The van der Waals surface area contributed by atoms with Gasteiger partial charge in [0.2, 0.25) is 0 Å². The zero-order chi connectivity index (χ0) is 14.8. The van der Waals surface area contributed by atoms with Crippen LogP contribution < -0.4 is 0 Å².